The summed E-state index contributed by atoms with van der Waals surface area (Å²) < 4.78 is 7.68. The Morgan fingerprint density at radius 1 is 1.17 bits per heavy atom. The molecule has 1 aromatic heterocycles. The van der Waals surface area contributed by atoms with E-state index in [0.717, 1.165) is 17.0 Å². The van der Waals surface area contributed by atoms with Crippen LogP contribution in [0.25, 0.3) is 0 Å². The van der Waals surface area contributed by atoms with E-state index in [2.05, 4.69) is 20.1 Å². The lowest BCUT2D eigenvalue weighted by Gasteiger charge is -2.25. The summed E-state index contributed by atoms with van der Waals surface area (Å²) in [5.41, 5.74) is 2.85. The van der Waals surface area contributed by atoms with E-state index in [0.29, 0.717) is 36.6 Å². The van der Waals surface area contributed by atoms with Crippen LogP contribution in [0.2, 0.25) is 0 Å². The van der Waals surface area contributed by atoms with E-state index in [9.17, 15) is 9.59 Å². The number of carbonyl (C=O) groups excluding carboxylic acids is 2. The van der Waals surface area contributed by atoms with Gasteiger partial charge >= 0.3 is 5.97 Å². The smallest absolute Gasteiger partial charge is 0.339 e. The van der Waals surface area contributed by atoms with Gasteiger partial charge in [0.25, 0.3) is 5.91 Å². The normalized spacial score (nSPS) is 17.9. The molecule has 2 aliphatic rings. The highest BCUT2D eigenvalue weighted by Crippen LogP contribution is 2.35. The van der Waals surface area contributed by atoms with Gasteiger partial charge in [-0.25, -0.2) is 4.79 Å². The summed E-state index contributed by atoms with van der Waals surface area (Å²) in [5, 5.41) is 11.1. The first kappa shape index (κ1) is 18.5. The van der Waals surface area contributed by atoms with Crippen LogP contribution in [-0.4, -0.2) is 33.2 Å². The topological polar surface area (TPSA) is 86.1 Å². The molecule has 7 nitrogen and oxygen atoms in total. The average molecular weight is 402 g/mol. The Kier molecular flexibility index (Phi) is 4.78. The lowest BCUT2D eigenvalue weighted by molar-refractivity contribution is 0.0252. The number of nitrogens with one attached hydrogen (secondary N) is 1. The Hall–Kier alpha value is -3.48. The van der Waals surface area contributed by atoms with Crippen LogP contribution in [0.15, 0.2) is 54.9 Å². The van der Waals surface area contributed by atoms with Crippen molar-refractivity contribution in [3.8, 4) is 0 Å². The van der Waals surface area contributed by atoms with Crippen LogP contribution in [0.3, 0.4) is 0 Å². The molecule has 1 amide bonds. The second-order valence-electron chi connectivity index (χ2n) is 7.77. The molecule has 5 rings (SSSR count). The predicted octanol–water partition coefficient (Wildman–Crippen LogP) is 3.04. The number of amides is 1. The SMILES string of the molecule is O=C(NCCc1nncn1C1CC1)c1ccc2c(c1)CC(c1ccccc1)OC2=O. The van der Waals surface area contributed by atoms with Gasteiger partial charge in [-0.05, 0) is 42.2 Å². The summed E-state index contributed by atoms with van der Waals surface area (Å²) in [6.45, 7) is 0.482. The van der Waals surface area contributed by atoms with Crippen LogP contribution in [0, 0.1) is 0 Å². The number of fused-ring (bicyclic) bond motifs is 1. The van der Waals surface area contributed by atoms with E-state index in [1.54, 1.807) is 24.5 Å². The monoisotopic (exact) mass is 402 g/mol. The molecule has 3 aromatic rings. The number of rotatable bonds is 6. The molecule has 1 unspecified atom stereocenters. The number of esters is 1. The van der Waals surface area contributed by atoms with Crippen LogP contribution in [0.1, 0.15) is 62.7 Å². The third kappa shape index (κ3) is 3.70. The highest BCUT2D eigenvalue weighted by atomic mass is 16.5. The Balaban J connectivity index is 1.26. The minimum atomic E-state index is -0.350. The van der Waals surface area contributed by atoms with Crippen molar-refractivity contribution in [3.63, 3.8) is 0 Å². The molecule has 1 fully saturated rings. The van der Waals surface area contributed by atoms with Gasteiger partial charge in [0.2, 0.25) is 0 Å². The first-order chi connectivity index (χ1) is 14.7. The van der Waals surface area contributed by atoms with Gasteiger partial charge in [-0.1, -0.05) is 30.3 Å². The molecule has 2 heterocycles. The molecule has 1 atom stereocenters. The van der Waals surface area contributed by atoms with Crippen molar-refractivity contribution in [1.29, 1.82) is 0 Å². The van der Waals surface area contributed by atoms with Crippen molar-refractivity contribution in [2.45, 2.75) is 37.8 Å². The Morgan fingerprint density at radius 3 is 2.80 bits per heavy atom. The number of benzene rings is 2. The maximum Gasteiger partial charge on any atom is 0.339 e. The van der Waals surface area contributed by atoms with E-state index >= 15 is 0 Å². The summed E-state index contributed by atoms with van der Waals surface area (Å²) in [6.07, 6.45) is 4.95. The third-order valence-electron chi connectivity index (χ3n) is 5.63. The molecule has 7 heteroatoms. The molecule has 0 radical (unpaired) electrons. The number of nitrogens with zero attached hydrogens (tertiary/aromatic N) is 3. The van der Waals surface area contributed by atoms with Gasteiger partial charge in [0.1, 0.15) is 18.3 Å². The predicted molar refractivity (Wildman–Crippen MR) is 109 cm³/mol. The van der Waals surface area contributed by atoms with Gasteiger partial charge in [-0.2, -0.15) is 0 Å². The van der Waals surface area contributed by atoms with Gasteiger partial charge in [0.05, 0.1) is 5.56 Å². The van der Waals surface area contributed by atoms with Crippen molar-refractivity contribution < 1.29 is 14.3 Å². The first-order valence-corrected chi connectivity index (χ1v) is 10.2. The van der Waals surface area contributed by atoms with Crippen LogP contribution >= 0.6 is 0 Å². The molecule has 1 aliphatic carbocycles. The summed E-state index contributed by atoms with van der Waals surface area (Å²) >= 11 is 0. The van der Waals surface area contributed by atoms with E-state index in [1.165, 1.54) is 12.8 Å². The Bertz CT molecular complexity index is 1090. The average Bonchev–Trinajstić information content (AvgIpc) is 3.52. The quantitative estimate of drug-likeness (QED) is 0.641. The van der Waals surface area contributed by atoms with E-state index in [-0.39, 0.29) is 18.0 Å². The fraction of sp³-hybridized carbons (Fsp3) is 0.304. The zero-order chi connectivity index (χ0) is 20.5. The van der Waals surface area contributed by atoms with E-state index < -0.39 is 0 Å². The number of hydrogen-bond acceptors (Lipinski definition) is 5. The van der Waals surface area contributed by atoms with Crippen LogP contribution < -0.4 is 5.32 Å². The molecule has 1 saturated carbocycles. The lowest BCUT2D eigenvalue weighted by Crippen LogP contribution is -2.27. The highest BCUT2D eigenvalue weighted by Gasteiger charge is 2.28. The largest absolute Gasteiger partial charge is 0.454 e. The summed E-state index contributed by atoms with van der Waals surface area (Å²) in [7, 11) is 0. The summed E-state index contributed by atoms with van der Waals surface area (Å²) in [5.74, 6) is 0.388. The summed E-state index contributed by atoms with van der Waals surface area (Å²) in [6, 6.07) is 15.3. The molecule has 0 bridgehead atoms. The van der Waals surface area contributed by atoms with Gasteiger partial charge in [-0.15, -0.1) is 10.2 Å². The maximum absolute atomic E-state index is 12.7. The molecule has 152 valence electrons. The Labute approximate surface area is 174 Å². The second-order valence-corrected chi connectivity index (χ2v) is 7.77. The number of cyclic esters (lactones) is 1. The zero-order valence-corrected chi connectivity index (χ0v) is 16.5. The zero-order valence-electron chi connectivity index (χ0n) is 16.5. The lowest BCUT2D eigenvalue weighted by atomic mass is 9.93. The van der Waals surface area contributed by atoms with Crippen molar-refractivity contribution in [2.24, 2.45) is 0 Å². The van der Waals surface area contributed by atoms with Gasteiger partial charge in [0, 0.05) is 31.0 Å². The Morgan fingerprint density at radius 2 is 2.00 bits per heavy atom. The first-order valence-electron chi connectivity index (χ1n) is 10.2. The molecule has 1 aliphatic heterocycles. The highest BCUT2D eigenvalue weighted by molar-refractivity contribution is 5.97. The number of carbonyl (C=O) groups is 2. The fourth-order valence-electron chi connectivity index (χ4n) is 3.88. The van der Waals surface area contributed by atoms with Crippen molar-refractivity contribution in [3.05, 3.63) is 82.9 Å². The minimum absolute atomic E-state index is 0.162. The molecule has 30 heavy (non-hydrogen) atoms. The second kappa shape index (κ2) is 7.74. The maximum atomic E-state index is 12.7. The number of aromatic nitrogens is 3. The van der Waals surface area contributed by atoms with E-state index in [1.807, 2.05) is 30.3 Å². The fourth-order valence-corrected chi connectivity index (χ4v) is 3.88. The third-order valence-corrected chi connectivity index (χ3v) is 5.63. The van der Waals surface area contributed by atoms with Gasteiger partial charge in [0.15, 0.2) is 0 Å². The summed E-state index contributed by atoms with van der Waals surface area (Å²) in [4.78, 5) is 25.1. The van der Waals surface area contributed by atoms with Crippen molar-refractivity contribution in [2.75, 3.05) is 6.54 Å². The van der Waals surface area contributed by atoms with Crippen LogP contribution in [-0.2, 0) is 17.6 Å². The standard InChI is InChI=1S/C23H22N4O3/c28-22(24-11-10-21-26-25-14-27(21)18-7-8-18)16-6-9-19-17(12-16)13-20(30-23(19)29)15-4-2-1-3-5-15/h1-6,9,12,14,18,20H,7-8,10-11,13H2,(H,24,28). The van der Waals surface area contributed by atoms with Crippen LogP contribution in [0.4, 0.5) is 0 Å². The number of ether oxygens (including phenoxy) is 1. The molecular weight excluding hydrogens is 380 g/mol. The van der Waals surface area contributed by atoms with Crippen LogP contribution in [0.5, 0.6) is 0 Å². The molecule has 1 N–H and O–H groups in total. The number of hydrogen-bond donors (Lipinski definition) is 1. The van der Waals surface area contributed by atoms with Gasteiger partial charge in [-0.3, -0.25) is 4.79 Å². The molecule has 0 spiro atoms. The van der Waals surface area contributed by atoms with Crippen molar-refractivity contribution >= 4 is 11.9 Å². The minimum Gasteiger partial charge on any atom is -0.454 e. The molecule has 2 aromatic carbocycles. The van der Waals surface area contributed by atoms with E-state index in [4.69, 9.17) is 4.74 Å². The molecule has 0 saturated heterocycles. The van der Waals surface area contributed by atoms with Crippen molar-refractivity contribution in [1.82, 2.24) is 20.1 Å². The molecular formula is C23H22N4O3. The van der Waals surface area contributed by atoms with Gasteiger partial charge < -0.3 is 14.6 Å².